The van der Waals surface area contributed by atoms with Crippen molar-refractivity contribution >= 4 is 22.4 Å². The molecule has 1 fully saturated rings. The fourth-order valence-electron chi connectivity index (χ4n) is 3.98. The minimum absolute atomic E-state index is 0.0605. The fourth-order valence-corrected chi connectivity index (χ4v) is 3.98. The maximum atomic E-state index is 13.1. The number of para-hydroxylation sites is 2. The molecule has 30 heavy (non-hydrogen) atoms. The predicted molar refractivity (Wildman–Crippen MR) is 120 cm³/mol. The van der Waals surface area contributed by atoms with Crippen molar-refractivity contribution in [1.29, 1.82) is 0 Å². The van der Waals surface area contributed by atoms with Crippen molar-refractivity contribution in [2.24, 2.45) is 0 Å². The van der Waals surface area contributed by atoms with Gasteiger partial charge >= 0.3 is 0 Å². The molecule has 1 atom stereocenters. The Morgan fingerprint density at radius 3 is 2.37 bits per heavy atom. The van der Waals surface area contributed by atoms with Gasteiger partial charge in [0.2, 0.25) is 0 Å². The van der Waals surface area contributed by atoms with Crippen molar-refractivity contribution in [3.63, 3.8) is 0 Å². The standard InChI is InChI=1S/C25H28N2O3/c1-3-23(30-21-13-12-19-8-4-5-9-20(19)18-21)25(28)27-16-14-26(15-17-27)22-10-6-7-11-24(22)29-2/h4-13,18,23H,3,14-17H2,1-2H3. The van der Waals surface area contributed by atoms with Crippen LogP contribution in [-0.2, 0) is 4.79 Å². The van der Waals surface area contributed by atoms with Crippen LogP contribution in [0.5, 0.6) is 11.5 Å². The number of hydrogen-bond donors (Lipinski definition) is 0. The molecule has 0 bridgehead atoms. The van der Waals surface area contributed by atoms with Crippen LogP contribution in [0.2, 0.25) is 0 Å². The van der Waals surface area contributed by atoms with E-state index in [0.29, 0.717) is 19.5 Å². The summed E-state index contributed by atoms with van der Waals surface area (Å²) in [6.45, 7) is 4.90. The van der Waals surface area contributed by atoms with Gasteiger partial charge in [-0.05, 0) is 41.5 Å². The van der Waals surface area contributed by atoms with E-state index in [-0.39, 0.29) is 5.91 Å². The zero-order valence-electron chi connectivity index (χ0n) is 17.6. The molecule has 1 aliphatic rings. The minimum atomic E-state index is -0.469. The van der Waals surface area contributed by atoms with Gasteiger partial charge in [-0.25, -0.2) is 0 Å². The SMILES string of the molecule is CCC(Oc1ccc2ccccc2c1)C(=O)N1CCN(c2ccccc2OC)CC1. The van der Waals surface area contributed by atoms with Crippen LogP contribution in [0.25, 0.3) is 10.8 Å². The van der Waals surface area contributed by atoms with Gasteiger partial charge in [-0.3, -0.25) is 4.79 Å². The van der Waals surface area contributed by atoms with Crippen LogP contribution in [0.15, 0.2) is 66.7 Å². The van der Waals surface area contributed by atoms with Crippen LogP contribution in [0, 0.1) is 0 Å². The van der Waals surface area contributed by atoms with Crippen molar-refractivity contribution in [2.75, 3.05) is 38.2 Å². The number of carbonyl (C=O) groups excluding carboxylic acids is 1. The number of nitrogens with zero attached hydrogens (tertiary/aromatic N) is 2. The molecule has 1 aliphatic heterocycles. The summed E-state index contributed by atoms with van der Waals surface area (Å²) in [5.41, 5.74) is 1.08. The Hall–Kier alpha value is -3.21. The summed E-state index contributed by atoms with van der Waals surface area (Å²) in [7, 11) is 1.69. The Bertz CT molecular complexity index is 1010. The molecule has 0 saturated carbocycles. The molecule has 0 aromatic heterocycles. The molecule has 1 amide bonds. The molecule has 1 heterocycles. The van der Waals surface area contributed by atoms with Gasteiger partial charge in [0, 0.05) is 26.2 Å². The van der Waals surface area contributed by atoms with E-state index >= 15 is 0 Å². The lowest BCUT2D eigenvalue weighted by atomic mass is 10.1. The molecule has 1 unspecified atom stereocenters. The largest absolute Gasteiger partial charge is 0.495 e. The minimum Gasteiger partial charge on any atom is -0.495 e. The summed E-state index contributed by atoms with van der Waals surface area (Å²) in [5.74, 6) is 1.66. The number of amides is 1. The Labute approximate surface area is 177 Å². The number of fused-ring (bicyclic) bond motifs is 1. The number of methoxy groups -OCH3 is 1. The van der Waals surface area contributed by atoms with E-state index in [4.69, 9.17) is 9.47 Å². The highest BCUT2D eigenvalue weighted by molar-refractivity contribution is 5.84. The molecule has 0 aliphatic carbocycles. The molecule has 3 aromatic rings. The zero-order chi connectivity index (χ0) is 20.9. The van der Waals surface area contributed by atoms with Crippen molar-refractivity contribution in [3.8, 4) is 11.5 Å². The Morgan fingerprint density at radius 2 is 1.63 bits per heavy atom. The van der Waals surface area contributed by atoms with Crippen LogP contribution < -0.4 is 14.4 Å². The molecule has 0 spiro atoms. The summed E-state index contributed by atoms with van der Waals surface area (Å²) in [5, 5.41) is 2.28. The second kappa shape index (κ2) is 9.08. The van der Waals surface area contributed by atoms with E-state index in [1.165, 1.54) is 0 Å². The lowest BCUT2D eigenvalue weighted by Crippen LogP contribution is -2.52. The van der Waals surface area contributed by atoms with E-state index in [0.717, 1.165) is 41.0 Å². The Balaban J connectivity index is 1.40. The van der Waals surface area contributed by atoms with Gasteiger partial charge in [-0.15, -0.1) is 0 Å². The number of benzene rings is 3. The third-order valence-corrected chi connectivity index (χ3v) is 5.66. The van der Waals surface area contributed by atoms with E-state index in [9.17, 15) is 4.79 Å². The molecule has 1 saturated heterocycles. The van der Waals surface area contributed by atoms with Gasteiger partial charge in [0.25, 0.3) is 5.91 Å². The van der Waals surface area contributed by atoms with Crippen molar-refractivity contribution in [2.45, 2.75) is 19.4 Å². The predicted octanol–water partition coefficient (Wildman–Crippen LogP) is 4.35. The topological polar surface area (TPSA) is 42.0 Å². The first kappa shape index (κ1) is 20.1. The first-order chi connectivity index (χ1) is 14.7. The third-order valence-electron chi connectivity index (χ3n) is 5.66. The van der Waals surface area contributed by atoms with Gasteiger partial charge in [0.15, 0.2) is 6.10 Å². The highest BCUT2D eigenvalue weighted by Crippen LogP contribution is 2.28. The summed E-state index contributed by atoms with van der Waals surface area (Å²) in [4.78, 5) is 17.3. The first-order valence-corrected chi connectivity index (χ1v) is 10.5. The second-order valence-electron chi connectivity index (χ2n) is 7.51. The number of ether oxygens (including phenoxy) is 2. The lowest BCUT2D eigenvalue weighted by Gasteiger charge is -2.37. The monoisotopic (exact) mass is 404 g/mol. The van der Waals surface area contributed by atoms with Gasteiger partial charge in [-0.1, -0.05) is 49.4 Å². The summed E-state index contributed by atoms with van der Waals surface area (Å²) in [6.07, 6.45) is 0.169. The summed E-state index contributed by atoms with van der Waals surface area (Å²) < 4.78 is 11.6. The molecule has 4 rings (SSSR count). The molecule has 0 N–H and O–H groups in total. The highest BCUT2D eigenvalue weighted by atomic mass is 16.5. The summed E-state index contributed by atoms with van der Waals surface area (Å²) >= 11 is 0. The maximum Gasteiger partial charge on any atom is 0.263 e. The van der Waals surface area contributed by atoms with Gasteiger partial charge in [0.1, 0.15) is 11.5 Å². The van der Waals surface area contributed by atoms with Gasteiger partial charge in [-0.2, -0.15) is 0 Å². The van der Waals surface area contributed by atoms with Crippen LogP contribution in [0.4, 0.5) is 5.69 Å². The van der Waals surface area contributed by atoms with Crippen LogP contribution in [-0.4, -0.2) is 50.2 Å². The average molecular weight is 405 g/mol. The second-order valence-corrected chi connectivity index (χ2v) is 7.51. The van der Waals surface area contributed by atoms with Crippen molar-refractivity contribution < 1.29 is 14.3 Å². The Morgan fingerprint density at radius 1 is 0.933 bits per heavy atom. The molecule has 5 nitrogen and oxygen atoms in total. The smallest absolute Gasteiger partial charge is 0.263 e. The van der Waals surface area contributed by atoms with E-state index in [1.54, 1.807) is 7.11 Å². The molecule has 156 valence electrons. The number of piperazine rings is 1. The van der Waals surface area contributed by atoms with Crippen LogP contribution in [0.1, 0.15) is 13.3 Å². The van der Waals surface area contributed by atoms with Crippen molar-refractivity contribution in [1.82, 2.24) is 4.90 Å². The normalized spacial score (nSPS) is 15.1. The maximum absolute atomic E-state index is 13.1. The fraction of sp³-hybridized carbons (Fsp3) is 0.320. The molecular weight excluding hydrogens is 376 g/mol. The number of rotatable bonds is 6. The number of hydrogen-bond acceptors (Lipinski definition) is 4. The first-order valence-electron chi connectivity index (χ1n) is 10.5. The van der Waals surface area contributed by atoms with Crippen LogP contribution in [0.3, 0.4) is 0 Å². The highest BCUT2D eigenvalue weighted by Gasteiger charge is 2.28. The molecule has 5 heteroatoms. The van der Waals surface area contributed by atoms with E-state index in [1.807, 2.05) is 60.4 Å². The Kier molecular flexibility index (Phi) is 6.07. The molecule has 3 aromatic carbocycles. The van der Waals surface area contributed by atoms with Crippen LogP contribution >= 0.6 is 0 Å². The third kappa shape index (κ3) is 4.20. The zero-order valence-corrected chi connectivity index (χ0v) is 17.6. The van der Waals surface area contributed by atoms with Gasteiger partial charge in [0.05, 0.1) is 12.8 Å². The lowest BCUT2D eigenvalue weighted by molar-refractivity contribution is -0.139. The molecule has 0 radical (unpaired) electrons. The van der Waals surface area contributed by atoms with E-state index < -0.39 is 6.10 Å². The average Bonchev–Trinajstić information content (AvgIpc) is 2.82. The summed E-state index contributed by atoms with van der Waals surface area (Å²) in [6, 6.07) is 22.2. The van der Waals surface area contributed by atoms with Crippen molar-refractivity contribution in [3.05, 3.63) is 66.7 Å². The number of anilines is 1. The molecular formula is C25H28N2O3. The number of carbonyl (C=O) groups is 1. The van der Waals surface area contributed by atoms with Gasteiger partial charge < -0.3 is 19.3 Å². The van der Waals surface area contributed by atoms with E-state index in [2.05, 4.69) is 23.1 Å². The quantitative estimate of drug-likeness (QED) is 0.612.